The molecule has 0 aliphatic carbocycles. The molecule has 1 aliphatic rings. The highest BCUT2D eigenvalue weighted by Crippen LogP contribution is 2.22. The molecule has 1 N–H and O–H groups in total. The third kappa shape index (κ3) is 3.45. The average molecular weight is 284 g/mol. The summed E-state index contributed by atoms with van der Waals surface area (Å²) in [5, 5.41) is 9.07. The number of aromatic hydroxyl groups is 1. The molecule has 2 rings (SSSR count). The van der Waals surface area contributed by atoms with Crippen molar-refractivity contribution < 1.29 is 18.7 Å². The standard InChI is InChI=1S/C14H18F2N2O2/c1-10(19)18-4-2-3-17(5-6-18)9-11-7-12(15)14(20)13(16)8-11/h7-8,20H,2-6,9H2,1H3. The molecule has 1 aromatic carbocycles. The van der Waals surface area contributed by atoms with Crippen molar-refractivity contribution in [3.05, 3.63) is 29.3 Å². The lowest BCUT2D eigenvalue weighted by Crippen LogP contribution is -2.33. The number of rotatable bonds is 2. The van der Waals surface area contributed by atoms with Gasteiger partial charge >= 0.3 is 0 Å². The molecule has 110 valence electrons. The van der Waals surface area contributed by atoms with Crippen molar-refractivity contribution >= 4 is 5.91 Å². The summed E-state index contributed by atoms with van der Waals surface area (Å²) < 4.78 is 26.6. The molecule has 1 fully saturated rings. The van der Waals surface area contributed by atoms with Crippen LogP contribution in [-0.2, 0) is 11.3 Å². The van der Waals surface area contributed by atoms with Crippen LogP contribution in [0.15, 0.2) is 12.1 Å². The quantitative estimate of drug-likeness (QED) is 0.899. The largest absolute Gasteiger partial charge is 0.503 e. The highest BCUT2D eigenvalue weighted by molar-refractivity contribution is 5.73. The van der Waals surface area contributed by atoms with Crippen LogP contribution in [-0.4, -0.2) is 47.0 Å². The summed E-state index contributed by atoms with van der Waals surface area (Å²) in [6.07, 6.45) is 0.836. The molecule has 20 heavy (non-hydrogen) atoms. The van der Waals surface area contributed by atoms with E-state index < -0.39 is 17.4 Å². The van der Waals surface area contributed by atoms with Crippen molar-refractivity contribution in [2.45, 2.75) is 19.9 Å². The number of amides is 1. The predicted molar refractivity (Wildman–Crippen MR) is 70.2 cm³/mol. The Hall–Kier alpha value is -1.69. The van der Waals surface area contributed by atoms with E-state index >= 15 is 0 Å². The molecule has 0 saturated carbocycles. The number of carbonyl (C=O) groups excluding carboxylic acids is 1. The zero-order chi connectivity index (χ0) is 14.7. The van der Waals surface area contributed by atoms with Gasteiger partial charge in [-0.1, -0.05) is 0 Å². The highest BCUT2D eigenvalue weighted by Gasteiger charge is 2.17. The second-order valence-electron chi connectivity index (χ2n) is 5.04. The van der Waals surface area contributed by atoms with Gasteiger partial charge in [0, 0.05) is 39.6 Å². The maximum absolute atomic E-state index is 13.3. The molecule has 0 unspecified atom stereocenters. The Balaban J connectivity index is 2.02. The van der Waals surface area contributed by atoms with Crippen molar-refractivity contribution in [3.8, 4) is 5.75 Å². The smallest absolute Gasteiger partial charge is 0.219 e. The SMILES string of the molecule is CC(=O)N1CCCN(Cc2cc(F)c(O)c(F)c2)CC1. The van der Waals surface area contributed by atoms with E-state index in [1.165, 1.54) is 0 Å². The van der Waals surface area contributed by atoms with Gasteiger partial charge in [0.05, 0.1) is 0 Å². The third-order valence-corrected chi connectivity index (χ3v) is 3.52. The van der Waals surface area contributed by atoms with Crippen molar-refractivity contribution in [1.82, 2.24) is 9.80 Å². The van der Waals surface area contributed by atoms with Crippen LogP contribution in [0.3, 0.4) is 0 Å². The number of hydrogen-bond donors (Lipinski definition) is 1. The lowest BCUT2D eigenvalue weighted by molar-refractivity contribution is -0.128. The van der Waals surface area contributed by atoms with Gasteiger partial charge in [-0.3, -0.25) is 9.69 Å². The number of halogens is 2. The molecule has 1 aliphatic heterocycles. The minimum absolute atomic E-state index is 0.0496. The first-order valence-electron chi connectivity index (χ1n) is 6.62. The Labute approximate surface area is 116 Å². The summed E-state index contributed by atoms with van der Waals surface area (Å²) in [5.74, 6) is -2.78. The van der Waals surface area contributed by atoms with E-state index in [0.717, 1.165) is 25.1 Å². The molecule has 0 bridgehead atoms. The van der Waals surface area contributed by atoms with Crippen LogP contribution in [0.25, 0.3) is 0 Å². The second-order valence-corrected chi connectivity index (χ2v) is 5.04. The van der Waals surface area contributed by atoms with Crippen LogP contribution in [0.2, 0.25) is 0 Å². The van der Waals surface area contributed by atoms with Crippen molar-refractivity contribution in [1.29, 1.82) is 0 Å². The average Bonchev–Trinajstić information content (AvgIpc) is 2.61. The molecule has 6 heteroatoms. The van der Waals surface area contributed by atoms with Gasteiger partial charge in [-0.15, -0.1) is 0 Å². The molecule has 1 heterocycles. The van der Waals surface area contributed by atoms with E-state index in [4.69, 9.17) is 5.11 Å². The normalized spacial score (nSPS) is 17.1. The number of carbonyl (C=O) groups is 1. The zero-order valence-electron chi connectivity index (χ0n) is 11.4. The Bertz CT molecular complexity index is 485. The molecule has 0 radical (unpaired) electrons. The van der Waals surface area contributed by atoms with Crippen LogP contribution in [0.1, 0.15) is 18.9 Å². The number of phenols is 1. The van der Waals surface area contributed by atoms with Gasteiger partial charge < -0.3 is 10.0 Å². The molecule has 1 saturated heterocycles. The minimum atomic E-state index is -0.944. The lowest BCUT2D eigenvalue weighted by atomic mass is 10.2. The molecular formula is C14H18F2N2O2. The van der Waals surface area contributed by atoms with Gasteiger partial charge in [-0.05, 0) is 24.1 Å². The fraction of sp³-hybridized carbons (Fsp3) is 0.500. The van der Waals surface area contributed by atoms with E-state index in [2.05, 4.69) is 0 Å². The fourth-order valence-electron chi connectivity index (χ4n) is 2.41. The van der Waals surface area contributed by atoms with E-state index in [1.807, 2.05) is 4.90 Å². The molecule has 1 aromatic rings. The maximum atomic E-state index is 13.3. The Morgan fingerprint density at radius 2 is 1.85 bits per heavy atom. The summed E-state index contributed by atoms with van der Waals surface area (Å²) in [4.78, 5) is 15.1. The predicted octanol–water partition coefficient (Wildman–Crippen LogP) is 1.72. The van der Waals surface area contributed by atoms with Crippen LogP contribution in [0, 0.1) is 11.6 Å². The van der Waals surface area contributed by atoms with Gasteiger partial charge in [0.2, 0.25) is 5.91 Å². The van der Waals surface area contributed by atoms with Gasteiger partial charge in [-0.2, -0.15) is 0 Å². The van der Waals surface area contributed by atoms with Crippen molar-refractivity contribution in [2.24, 2.45) is 0 Å². The summed E-state index contributed by atoms with van der Waals surface area (Å²) in [7, 11) is 0. The monoisotopic (exact) mass is 284 g/mol. The van der Waals surface area contributed by atoms with Gasteiger partial charge in [0.1, 0.15) is 0 Å². The third-order valence-electron chi connectivity index (χ3n) is 3.52. The second kappa shape index (κ2) is 6.17. The van der Waals surface area contributed by atoms with Gasteiger partial charge in [-0.25, -0.2) is 8.78 Å². The number of hydrogen-bond acceptors (Lipinski definition) is 3. The highest BCUT2D eigenvalue weighted by atomic mass is 19.1. The topological polar surface area (TPSA) is 43.8 Å². The minimum Gasteiger partial charge on any atom is -0.503 e. The van der Waals surface area contributed by atoms with E-state index in [9.17, 15) is 13.6 Å². The Morgan fingerprint density at radius 1 is 1.20 bits per heavy atom. The number of benzene rings is 1. The molecule has 0 aromatic heterocycles. The van der Waals surface area contributed by atoms with Crippen molar-refractivity contribution in [2.75, 3.05) is 26.2 Å². The van der Waals surface area contributed by atoms with Crippen LogP contribution in [0.4, 0.5) is 8.78 Å². The van der Waals surface area contributed by atoms with E-state index in [-0.39, 0.29) is 5.91 Å². The van der Waals surface area contributed by atoms with E-state index in [0.29, 0.717) is 31.7 Å². The van der Waals surface area contributed by atoms with Crippen LogP contribution in [0.5, 0.6) is 5.75 Å². The fourth-order valence-corrected chi connectivity index (χ4v) is 2.41. The molecule has 4 nitrogen and oxygen atoms in total. The molecule has 0 atom stereocenters. The summed E-state index contributed by atoms with van der Waals surface area (Å²) in [5.41, 5.74) is 0.481. The van der Waals surface area contributed by atoms with E-state index in [1.54, 1.807) is 11.8 Å². The molecule has 0 spiro atoms. The summed E-state index contributed by atoms with van der Waals surface area (Å²) in [6, 6.07) is 2.29. The van der Waals surface area contributed by atoms with Gasteiger partial charge in [0.15, 0.2) is 17.4 Å². The maximum Gasteiger partial charge on any atom is 0.219 e. The first kappa shape index (κ1) is 14.7. The first-order chi connectivity index (χ1) is 9.47. The Kier molecular flexibility index (Phi) is 4.54. The van der Waals surface area contributed by atoms with Crippen molar-refractivity contribution in [3.63, 3.8) is 0 Å². The van der Waals surface area contributed by atoms with Crippen LogP contribution < -0.4 is 0 Å². The number of phenolic OH excluding ortho intramolecular Hbond substituents is 1. The Morgan fingerprint density at radius 3 is 2.45 bits per heavy atom. The zero-order valence-corrected chi connectivity index (χ0v) is 11.4. The molecule has 1 amide bonds. The summed E-state index contributed by atoms with van der Waals surface area (Å²) >= 11 is 0. The number of nitrogens with zero attached hydrogens (tertiary/aromatic N) is 2. The lowest BCUT2D eigenvalue weighted by Gasteiger charge is -2.21. The van der Waals surface area contributed by atoms with Gasteiger partial charge in [0.25, 0.3) is 0 Å². The molecular weight excluding hydrogens is 266 g/mol. The first-order valence-corrected chi connectivity index (χ1v) is 6.62. The van der Waals surface area contributed by atoms with Crippen LogP contribution >= 0.6 is 0 Å². The summed E-state index contributed by atoms with van der Waals surface area (Å²) in [6.45, 7) is 4.72.